The van der Waals surface area contributed by atoms with E-state index < -0.39 is 11.8 Å². The average molecular weight is 345 g/mol. The monoisotopic (exact) mass is 344 g/mol. The molecule has 5 heteroatoms. The third-order valence-electron chi connectivity index (χ3n) is 1.23. The molecule has 0 saturated carbocycles. The molecule has 0 radical (unpaired) electrons. The highest BCUT2D eigenvalue weighted by molar-refractivity contribution is 14.1. The third-order valence-corrected chi connectivity index (χ3v) is 3.69. The topological polar surface area (TPSA) is 37.3 Å². The second-order valence-electron chi connectivity index (χ2n) is 2.06. The lowest BCUT2D eigenvalue weighted by Crippen LogP contribution is -1.98. The summed E-state index contributed by atoms with van der Waals surface area (Å²) in [7, 11) is 0. The van der Waals surface area contributed by atoms with E-state index in [-0.39, 0.29) is 5.56 Å². The first-order chi connectivity index (χ1) is 5.52. The smallest absolute Gasteiger partial charge is 0.335 e. The molecule has 0 aromatic heterocycles. The van der Waals surface area contributed by atoms with Gasteiger partial charge in [-0.1, -0.05) is 0 Å². The summed E-state index contributed by atoms with van der Waals surface area (Å²) in [4.78, 5) is 10.4. The van der Waals surface area contributed by atoms with E-state index in [1.807, 2.05) is 0 Å². The summed E-state index contributed by atoms with van der Waals surface area (Å²) in [6.07, 6.45) is 0. The second-order valence-corrected chi connectivity index (χ2v) is 3.99. The van der Waals surface area contributed by atoms with Gasteiger partial charge >= 0.3 is 5.97 Å². The number of hydrogen-bond acceptors (Lipinski definition) is 1. The van der Waals surface area contributed by atoms with Crippen LogP contribution < -0.4 is 0 Å². The Morgan fingerprint density at radius 2 is 2.17 bits per heavy atom. The number of benzene rings is 1. The highest BCUT2D eigenvalue weighted by Crippen LogP contribution is 2.23. The van der Waals surface area contributed by atoms with Gasteiger partial charge in [0, 0.05) is 4.47 Å². The maximum absolute atomic E-state index is 12.9. The van der Waals surface area contributed by atoms with Gasteiger partial charge in [-0.25, -0.2) is 9.18 Å². The molecule has 0 aliphatic rings. The van der Waals surface area contributed by atoms with Crippen LogP contribution in [0.15, 0.2) is 16.6 Å². The van der Waals surface area contributed by atoms with Crippen molar-refractivity contribution in [2.24, 2.45) is 0 Å². The Morgan fingerprint density at radius 1 is 1.58 bits per heavy atom. The van der Waals surface area contributed by atoms with Crippen molar-refractivity contribution in [3.8, 4) is 0 Å². The van der Waals surface area contributed by atoms with E-state index in [1.54, 1.807) is 22.6 Å². The third kappa shape index (κ3) is 1.95. The Bertz CT molecular complexity index is 317. The van der Waals surface area contributed by atoms with Crippen LogP contribution in [0.1, 0.15) is 10.4 Å². The molecular formula is C7H3BrFIO2. The highest BCUT2D eigenvalue weighted by atomic mass is 127. The van der Waals surface area contributed by atoms with Crippen molar-refractivity contribution in [3.63, 3.8) is 0 Å². The molecule has 64 valence electrons. The highest BCUT2D eigenvalue weighted by Gasteiger charge is 2.10. The number of halogens is 3. The Kier molecular flexibility index (Phi) is 3.05. The van der Waals surface area contributed by atoms with Crippen LogP contribution in [0.2, 0.25) is 0 Å². The first-order valence-electron chi connectivity index (χ1n) is 2.90. The molecule has 0 bridgehead atoms. The Balaban J connectivity index is 3.31. The van der Waals surface area contributed by atoms with Crippen molar-refractivity contribution in [1.29, 1.82) is 0 Å². The minimum absolute atomic E-state index is 0.0557. The fraction of sp³-hybridized carbons (Fsp3) is 0. The zero-order valence-electron chi connectivity index (χ0n) is 5.64. The predicted molar refractivity (Wildman–Crippen MR) is 53.8 cm³/mol. The fourth-order valence-corrected chi connectivity index (χ4v) is 1.43. The summed E-state index contributed by atoms with van der Waals surface area (Å²) in [6, 6.07) is 2.36. The molecule has 1 aromatic rings. The van der Waals surface area contributed by atoms with E-state index in [2.05, 4.69) is 15.9 Å². The van der Waals surface area contributed by atoms with Gasteiger partial charge in [0.2, 0.25) is 0 Å². The Labute approximate surface area is 90.0 Å². The lowest BCUT2D eigenvalue weighted by molar-refractivity contribution is 0.0696. The molecule has 1 aromatic carbocycles. The van der Waals surface area contributed by atoms with Crippen molar-refractivity contribution in [2.45, 2.75) is 0 Å². The molecule has 0 aliphatic heterocycles. The largest absolute Gasteiger partial charge is 0.478 e. The first-order valence-corrected chi connectivity index (χ1v) is 4.77. The van der Waals surface area contributed by atoms with Crippen molar-refractivity contribution in [3.05, 3.63) is 31.6 Å². The summed E-state index contributed by atoms with van der Waals surface area (Å²) in [6.45, 7) is 0. The number of rotatable bonds is 1. The molecule has 0 unspecified atom stereocenters. The average Bonchev–Trinajstić information content (AvgIpc) is 1.99. The molecule has 0 atom stereocenters. The van der Waals surface area contributed by atoms with Crippen molar-refractivity contribution in [1.82, 2.24) is 0 Å². The molecule has 1 N–H and O–H groups in total. The van der Waals surface area contributed by atoms with E-state index in [9.17, 15) is 9.18 Å². The van der Waals surface area contributed by atoms with E-state index in [0.29, 0.717) is 8.04 Å². The molecule has 1 rings (SSSR count). The van der Waals surface area contributed by atoms with Gasteiger partial charge in [-0.3, -0.25) is 0 Å². The maximum Gasteiger partial charge on any atom is 0.335 e. The number of carboxylic acids is 1. The molecule has 0 spiro atoms. The van der Waals surface area contributed by atoms with Crippen molar-refractivity contribution < 1.29 is 14.3 Å². The molecular weight excluding hydrogens is 342 g/mol. The second kappa shape index (κ2) is 3.69. The lowest BCUT2D eigenvalue weighted by Gasteiger charge is -1.99. The van der Waals surface area contributed by atoms with Crippen LogP contribution >= 0.6 is 38.5 Å². The summed E-state index contributed by atoms with van der Waals surface area (Å²) >= 11 is 4.85. The fourth-order valence-electron chi connectivity index (χ4n) is 0.679. The Morgan fingerprint density at radius 3 is 2.58 bits per heavy atom. The van der Waals surface area contributed by atoms with Crippen molar-refractivity contribution in [2.75, 3.05) is 0 Å². The summed E-state index contributed by atoms with van der Waals surface area (Å²) in [5.74, 6) is -1.66. The summed E-state index contributed by atoms with van der Waals surface area (Å²) in [5, 5.41) is 8.53. The Hall–Kier alpha value is -0.170. The van der Waals surface area contributed by atoms with Gasteiger partial charge in [0.05, 0.1) is 9.13 Å². The van der Waals surface area contributed by atoms with Gasteiger partial charge in [0.1, 0.15) is 5.82 Å². The maximum atomic E-state index is 12.9. The van der Waals surface area contributed by atoms with Crippen LogP contribution in [0.5, 0.6) is 0 Å². The zero-order valence-corrected chi connectivity index (χ0v) is 9.39. The van der Waals surface area contributed by atoms with E-state index >= 15 is 0 Å². The van der Waals surface area contributed by atoms with Gasteiger partial charge in [0.15, 0.2) is 0 Å². The molecule has 12 heavy (non-hydrogen) atoms. The number of hydrogen-bond donors (Lipinski definition) is 1. The van der Waals surface area contributed by atoms with Gasteiger partial charge in [-0.05, 0) is 50.7 Å². The van der Waals surface area contributed by atoms with Crippen LogP contribution in [-0.4, -0.2) is 11.1 Å². The predicted octanol–water partition coefficient (Wildman–Crippen LogP) is 2.89. The van der Waals surface area contributed by atoms with Crippen LogP contribution in [0.25, 0.3) is 0 Å². The normalized spacial score (nSPS) is 9.92. The molecule has 2 nitrogen and oxygen atoms in total. The summed E-state index contributed by atoms with van der Waals surface area (Å²) < 4.78 is 13.7. The van der Waals surface area contributed by atoms with E-state index in [0.717, 1.165) is 6.07 Å². The zero-order chi connectivity index (χ0) is 9.30. The minimum atomic E-state index is -1.13. The van der Waals surface area contributed by atoms with Crippen LogP contribution in [0.3, 0.4) is 0 Å². The number of carbonyl (C=O) groups is 1. The molecule has 0 amide bonds. The minimum Gasteiger partial charge on any atom is -0.478 e. The van der Waals surface area contributed by atoms with Gasteiger partial charge in [-0.15, -0.1) is 0 Å². The van der Waals surface area contributed by atoms with Crippen LogP contribution in [0.4, 0.5) is 4.39 Å². The van der Waals surface area contributed by atoms with E-state index in [1.165, 1.54) is 6.07 Å². The van der Waals surface area contributed by atoms with Crippen LogP contribution in [-0.2, 0) is 0 Å². The van der Waals surface area contributed by atoms with Gasteiger partial charge in [-0.2, -0.15) is 0 Å². The van der Waals surface area contributed by atoms with E-state index in [4.69, 9.17) is 5.11 Å². The summed E-state index contributed by atoms with van der Waals surface area (Å²) in [5.41, 5.74) is -0.0557. The van der Waals surface area contributed by atoms with Gasteiger partial charge in [0.25, 0.3) is 0 Å². The molecule has 0 saturated heterocycles. The molecule has 0 fully saturated rings. The van der Waals surface area contributed by atoms with Crippen LogP contribution in [0, 0.1) is 9.39 Å². The van der Waals surface area contributed by atoms with Gasteiger partial charge < -0.3 is 5.11 Å². The lowest BCUT2D eigenvalue weighted by atomic mass is 10.2. The molecule has 0 aliphatic carbocycles. The molecule has 0 heterocycles. The standard InChI is InChI=1S/C7H3BrFIO2/c8-4-1-3(7(11)12)2-5(9)6(4)10/h1-2H,(H,11,12). The van der Waals surface area contributed by atoms with Crippen molar-refractivity contribution >= 4 is 44.5 Å². The quantitative estimate of drug-likeness (QED) is 0.628. The number of carboxylic acid groups (broad SMARTS) is 1. The first kappa shape index (κ1) is 9.91. The SMILES string of the molecule is O=C(O)c1cc(F)c(I)c(Br)c1. The number of aromatic carboxylic acids is 1.